The largest absolute Gasteiger partial charge is 0.298 e. The molecule has 0 atom stereocenters. The number of nitrogens with zero attached hydrogens (tertiary/aromatic N) is 1. The van der Waals surface area contributed by atoms with Gasteiger partial charge in [0.1, 0.15) is 0 Å². The van der Waals surface area contributed by atoms with Crippen molar-refractivity contribution in [3.05, 3.63) is 45.4 Å². The lowest BCUT2D eigenvalue weighted by Gasteiger charge is -2.03. The predicted molar refractivity (Wildman–Crippen MR) is 82.8 cm³/mol. The standard InChI is InChI=1S/C15H15ClN2OS/c16-11-7-5-4-6-10(11)14(19)18-15-17-12-8-2-1-3-9-13(12)20-15/h4-7H,1-3,8-9H2,(H,17,18,19). The molecule has 0 radical (unpaired) electrons. The summed E-state index contributed by atoms with van der Waals surface area (Å²) in [6.45, 7) is 0. The minimum Gasteiger partial charge on any atom is -0.298 e. The van der Waals surface area contributed by atoms with E-state index < -0.39 is 0 Å². The zero-order valence-electron chi connectivity index (χ0n) is 11.0. The highest BCUT2D eigenvalue weighted by Crippen LogP contribution is 2.29. The van der Waals surface area contributed by atoms with Crippen molar-refractivity contribution in [1.82, 2.24) is 4.98 Å². The number of anilines is 1. The zero-order chi connectivity index (χ0) is 13.9. The number of carbonyl (C=O) groups is 1. The van der Waals surface area contributed by atoms with Crippen LogP contribution in [0.3, 0.4) is 0 Å². The second-order valence-corrected chi connectivity index (χ2v) is 6.37. The van der Waals surface area contributed by atoms with Crippen LogP contribution in [0.2, 0.25) is 5.02 Å². The van der Waals surface area contributed by atoms with Gasteiger partial charge in [0.05, 0.1) is 16.3 Å². The SMILES string of the molecule is O=C(Nc1nc2c(s1)CCCCC2)c1ccccc1Cl. The molecule has 0 unspecified atom stereocenters. The number of benzene rings is 1. The van der Waals surface area contributed by atoms with Crippen LogP contribution in [-0.4, -0.2) is 10.9 Å². The summed E-state index contributed by atoms with van der Waals surface area (Å²) < 4.78 is 0. The lowest BCUT2D eigenvalue weighted by molar-refractivity contribution is 0.102. The molecule has 3 nitrogen and oxygen atoms in total. The Morgan fingerprint density at radius 2 is 2.00 bits per heavy atom. The summed E-state index contributed by atoms with van der Waals surface area (Å²) >= 11 is 7.62. The minimum atomic E-state index is -0.195. The predicted octanol–water partition coefficient (Wildman–Crippen LogP) is 4.32. The molecule has 0 fully saturated rings. The van der Waals surface area contributed by atoms with Gasteiger partial charge in [0.15, 0.2) is 5.13 Å². The molecule has 0 spiro atoms. The maximum absolute atomic E-state index is 12.2. The molecule has 1 N–H and O–H groups in total. The number of thiazole rings is 1. The first-order valence-corrected chi connectivity index (χ1v) is 7.98. The van der Waals surface area contributed by atoms with Crippen LogP contribution in [0.15, 0.2) is 24.3 Å². The van der Waals surface area contributed by atoms with E-state index in [1.807, 2.05) is 6.07 Å². The highest BCUT2D eigenvalue weighted by Gasteiger charge is 2.16. The summed E-state index contributed by atoms with van der Waals surface area (Å²) in [5, 5.41) is 4.00. The van der Waals surface area contributed by atoms with Gasteiger partial charge in [-0.3, -0.25) is 10.1 Å². The molecule has 1 aromatic heterocycles. The Hall–Kier alpha value is -1.39. The number of aryl methyl sites for hydroxylation is 2. The highest BCUT2D eigenvalue weighted by atomic mass is 35.5. The molecule has 0 aliphatic heterocycles. The molecule has 1 heterocycles. The second-order valence-electron chi connectivity index (χ2n) is 4.88. The van der Waals surface area contributed by atoms with Crippen LogP contribution in [0.25, 0.3) is 0 Å². The molecule has 0 saturated carbocycles. The van der Waals surface area contributed by atoms with Gasteiger partial charge in [-0.25, -0.2) is 4.98 Å². The van der Waals surface area contributed by atoms with E-state index in [0.717, 1.165) is 18.5 Å². The number of fused-ring (bicyclic) bond motifs is 1. The number of carbonyl (C=O) groups excluding carboxylic acids is 1. The number of halogens is 1. The lowest BCUT2D eigenvalue weighted by atomic mass is 10.2. The van der Waals surface area contributed by atoms with Crippen LogP contribution >= 0.6 is 22.9 Å². The van der Waals surface area contributed by atoms with Crippen molar-refractivity contribution in [2.24, 2.45) is 0 Å². The van der Waals surface area contributed by atoms with E-state index in [9.17, 15) is 4.79 Å². The summed E-state index contributed by atoms with van der Waals surface area (Å²) in [5.74, 6) is -0.195. The first-order chi connectivity index (χ1) is 9.74. The van der Waals surface area contributed by atoms with E-state index in [4.69, 9.17) is 11.6 Å². The maximum Gasteiger partial charge on any atom is 0.258 e. The van der Waals surface area contributed by atoms with Crippen LogP contribution in [0.5, 0.6) is 0 Å². The van der Waals surface area contributed by atoms with Gasteiger partial charge in [0.2, 0.25) is 0 Å². The molecule has 1 amide bonds. The van der Waals surface area contributed by atoms with Crippen molar-refractivity contribution in [3.8, 4) is 0 Å². The van der Waals surface area contributed by atoms with Crippen LogP contribution < -0.4 is 5.32 Å². The smallest absolute Gasteiger partial charge is 0.258 e. The molecule has 2 aromatic rings. The maximum atomic E-state index is 12.2. The Balaban J connectivity index is 1.78. The third-order valence-corrected chi connectivity index (χ3v) is 4.84. The highest BCUT2D eigenvalue weighted by molar-refractivity contribution is 7.15. The van der Waals surface area contributed by atoms with Gasteiger partial charge in [0, 0.05) is 4.88 Å². The van der Waals surface area contributed by atoms with Crippen molar-refractivity contribution in [2.45, 2.75) is 32.1 Å². The molecule has 1 aromatic carbocycles. The summed E-state index contributed by atoms with van der Waals surface area (Å²) in [6.07, 6.45) is 5.77. The lowest BCUT2D eigenvalue weighted by Crippen LogP contribution is -2.12. The van der Waals surface area contributed by atoms with Crippen molar-refractivity contribution in [3.63, 3.8) is 0 Å². The normalized spacial score (nSPS) is 14.4. The molecule has 3 rings (SSSR count). The quantitative estimate of drug-likeness (QED) is 0.840. The number of amides is 1. The summed E-state index contributed by atoms with van der Waals surface area (Å²) in [6, 6.07) is 7.05. The number of aromatic nitrogens is 1. The molecule has 104 valence electrons. The first-order valence-electron chi connectivity index (χ1n) is 6.78. The van der Waals surface area contributed by atoms with E-state index in [0.29, 0.717) is 15.7 Å². The topological polar surface area (TPSA) is 42.0 Å². The number of hydrogen-bond acceptors (Lipinski definition) is 3. The van der Waals surface area contributed by atoms with Gasteiger partial charge >= 0.3 is 0 Å². The van der Waals surface area contributed by atoms with Crippen LogP contribution in [0.4, 0.5) is 5.13 Å². The molecular formula is C15H15ClN2OS. The van der Waals surface area contributed by atoms with E-state index in [-0.39, 0.29) is 5.91 Å². The van der Waals surface area contributed by atoms with Crippen LogP contribution in [0, 0.1) is 0 Å². The molecule has 1 aliphatic rings. The molecular weight excluding hydrogens is 292 g/mol. The van der Waals surface area contributed by atoms with Crippen molar-refractivity contribution in [2.75, 3.05) is 5.32 Å². The average molecular weight is 307 g/mol. The number of hydrogen-bond donors (Lipinski definition) is 1. The fourth-order valence-electron chi connectivity index (χ4n) is 2.39. The molecule has 1 aliphatic carbocycles. The average Bonchev–Trinajstić information content (AvgIpc) is 2.68. The van der Waals surface area contributed by atoms with Crippen molar-refractivity contribution >= 4 is 34.0 Å². The van der Waals surface area contributed by atoms with E-state index in [1.165, 1.54) is 24.1 Å². The molecule has 5 heteroatoms. The second kappa shape index (κ2) is 5.94. The Bertz CT molecular complexity index is 615. The minimum absolute atomic E-state index is 0.195. The summed E-state index contributed by atoms with van der Waals surface area (Å²) in [7, 11) is 0. The number of nitrogens with one attached hydrogen (secondary N) is 1. The Labute approximate surface area is 127 Å². The Morgan fingerprint density at radius 3 is 2.85 bits per heavy atom. The van der Waals surface area contributed by atoms with Gasteiger partial charge in [-0.2, -0.15) is 0 Å². The fraction of sp³-hybridized carbons (Fsp3) is 0.333. The third-order valence-electron chi connectivity index (χ3n) is 3.43. The molecule has 0 bridgehead atoms. The van der Waals surface area contributed by atoms with Crippen LogP contribution in [-0.2, 0) is 12.8 Å². The number of rotatable bonds is 2. The fourth-order valence-corrected chi connectivity index (χ4v) is 3.66. The van der Waals surface area contributed by atoms with Crippen molar-refractivity contribution in [1.29, 1.82) is 0 Å². The van der Waals surface area contributed by atoms with E-state index in [1.54, 1.807) is 29.5 Å². The van der Waals surface area contributed by atoms with Gasteiger partial charge in [-0.1, -0.05) is 30.2 Å². The summed E-state index contributed by atoms with van der Waals surface area (Å²) in [4.78, 5) is 18.1. The summed E-state index contributed by atoms with van der Waals surface area (Å²) in [5.41, 5.74) is 1.64. The Morgan fingerprint density at radius 1 is 1.20 bits per heavy atom. The van der Waals surface area contributed by atoms with Gasteiger partial charge in [-0.05, 0) is 37.8 Å². The van der Waals surface area contributed by atoms with E-state index >= 15 is 0 Å². The monoisotopic (exact) mass is 306 g/mol. The molecule has 20 heavy (non-hydrogen) atoms. The van der Waals surface area contributed by atoms with Gasteiger partial charge in [0.25, 0.3) is 5.91 Å². The van der Waals surface area contributed by atoms with Crippen molar-refractivity contribution < 1.29 is 4.79 Å². The third kappa shape index (κ3) is 2.86. The zero-order valence-corrected chi connectivity index (χ0v) is 12.6. The van der Waals surface area contributed by atoms with E-state index in [2.05, 4.69) is 10.3 Å². The first kappa shape index (κ1) is 13.6. The Kier molecular flexibility index (Phi) is 4.03. The van der Waals surface area contributed by atoms with Gasteiger partial charge < -0.3 is 0 Å². The van der Waals surface area contributed by atoms with Gasteiger partial charge in [-0.15, -0.1) is 11.3 Å². The van der Waals surface area contributed by atoms with Crippen LogP contribution in [0.1, 0.15) is 40.2 Å². The molecule has 0 saturated heterocycles.